The van der Waals surface area contributed by atoms with Crippen molar-refractivity contribution in [3.8, 4) is 12.3 Å². The second-order valence-corrected chi connectivity index (χ2v) is 3.27. The van der Waals surface area contributed by atoms with Gasteiger partial charge in [0.1, 0.15) is 9.34 Å². The van der Waals surface area contributed by atoms with Crippen molar-refractivity contribution in [2.75, 3.05) is 0 Å². The average Bonchev–Trinajstić information content (AvgIpc) is 2.34. The number of hydrogen-bond acceptors (Lipinski definition) is 3. The topological polar surface area (TPSA) is 33.1 Å². The van der Waals surface area contributed by atoms with Crippen molar-refractivity contribution < 1.29 is 5.11 Å². The summed E-state index contributed by atoms with van der Waals surface area (Å²) in [4.78, 5) is 3.78. The van der Waals surface area contributed by atoms with Crippen LogP contribution in [0.25, 0.3) is 0 Å². The normalized spacial score (nSPS) is 12.5. The van der Waals surface area contributed by atoms with Crippen LogP contribution in [0.2, 0.25) is 4.34 Å². The monoisotopic (exact) mass is 173 g/mol. The van der Waals surface area contributed by atoms with Crippen LogP contribution in [0.1, 0.15) is 11.1 Å². The highest BCUT2D eigenvalue weighted by atomic mass is 35.5. The zero-order chi connectivity index (χ0) is 7.56. The first-order valence-corrected chi connectivity index (χ1v) is 3.69. The summed E-state index contributed by atoms with van der Waals surface area (Å²) in [6.07, 6.45) is 5.48. The van der Waals surface area contributed by atoms with E-state index in [1.165, 1.54) is 17.5 Å². The quantitative estimate of drug-likeness (QED) is 0.653. The average molecular weight is 174 g/mol. The van der Waals surface area contributed by atoms with E-state index in [0.717, 1.165) is 0 Å². The van der Waals surface area contributed by atoms with Crippen LogP contribution in [0.15, 0.2) is 6.20 Å². The van der Waals surface area contributed by atoms with Crippen molar-refractivity contribution >= 4 is 22.9 Å². The zero-order valence-corrected chi connectivity index (χ0v) is 6.49. The molecule has 1 N–H and O–H groups in total. The van der Waals surface area contributed by atoms with E-state index >= 15 is 0 Å². The van der Waals surface area contributed by atoms with Gasteiger partial charge >= 0.3 is 0 Å². The number of terminal acetylenes is 1. The molecular weight excluding hydrogens is 170 g/mol. The van der Waals surface area contributed by atoms with E-state index < -0.39 is 6.10 Å². The van der Waals surface area contributed by atoms with E-state index in [1.54, 1.807) is 0 Å². The number of thiazole rings is 1. The van der Waals surface area contributed by atoms with Crippen molar-refractivity contribution in [3.05, 3.63) is 15.5 Å². The minimum absolute atomic E-state index is 0.465. The molecule has 1 aromatic heterocycles. The van der Waals surface area contributed by atoms with Gasteiger partial charge in [-0.05, 0) is 0 Å². The fourth-order valence-electron chi connectivity index (χ4n) is 0.465. The van der Waals surface area contributed by atoms with Gasteiger partial charge in [-0.25, -0.2) is 4.98 Å². The molecule has 0 spiro atoms. The maximum absolute atomic E-state index is 9.00. The first-order valence-electron chi connectivity index (χ1n) is 2.49. The molecule has 0 aliphatic rings. The second kappa shape index (κ2) is 3.02. The minimum atomic E-state index is -0.919. The summed E-state index contributed by atoms with van der Waals surface area (Å²) in [6, 6.07) is 0. The Labute approximate surface area is 67.5 Å². The molecule has 2 nitrogen and oxygen atoms in total. The number of nitrogens with zero attached hydrogens (tertiary/aromatic N) is 1. The van der Waals surface area contributed by atoms with Crippen LogP contribution in [0, 0.1) is 12.3 Å². The molecule has 0 aliphatic heterocycles. The van der Waals surface area contributed by atoms with Gasteiger partial charge in [-0.15, -0.1) is 17.8 Å². The molecule has 0 radical (unpaired) electrons. The third-order valence-corrected chi connectivity index (χ3v) is 2.05. The van der Waals surface area contributed by atoms with Crippen molar-refractivity contribution in [1.29, 1.82) is 0 Å². The van der Waals surface area contributed by atoms with E-state index in [4.69, 9.17) is 23.1 Å². The Hall–Kier alpha value is -0.560. The minimum Gasteiger partial charge on any atom is -0.374 e. The number of halogens is 1. The molecule has 1 unspecified atom stereocenters. The van der Waals surface area contributed by atoms with E-state index in [9.17, 15) is 0 Å². The van der Waals surface area contributed by atoms with Crippen molar-refractivity contribution in [3.63, 3.8) is 0 Å². The molecule has 0 aromatic carbocycles. The van der Waals surface area contributed by atoms with Crippen LogP contribution in [-0.2, 0) is 0 Å². The Bertz CT molecular complexity index is 265. The van der Waals surface area contributed by atoms with Crippen LogP contribution < -0.4 is 0 Å². The maximum Gasteiger partial charge on any atom is 0.166 e. The number of aromatic nitrogens is 1. The summed E-state index contributed by atoms with van der Waals surface area (Å²) < 4.78 is 0.532. The van der Waals surface area contributed by atoms with Gasteiger partial charge in [0.15, 0.2) is 6.10 Å². The lowest BCUT2D eigenvalue weighted by molar-refractivity contribution is 0.238. The van der Waals surface area contributed by atoms with E-state index in [-0.39, 0.29) is 0 Å². The second-order valence-electron chi connectivity index (χ2n) is 1.57. The number of rotatable bonds is 1. The first-order chi connectivity index (χ1) is 4.74. The van der Waals surface area contributed by atoms with Crippen LogP contribution in [0.3, 0.4) is 0 Å². The summed E-state index contributed by atoms with van der Waals surface area (Å²) in [5.41, 5.74) is 0. The van der Waals surface area contributed by atoms with Gasteiger partial charge in [-0.1, -0.05) is 17.5 Å². The molecule has 1 heterocycles. The van der Waals surface area contributed by atoms with Crippen molar-refractivity contribution in [2.45, 2.75) is 6.10 Å². The van der Waals surface area contributed by atoms with Gasteiger partial charge in [0.05, 0.1) is 6.20 Å². The van der Waals surface area contributed by atoms with Gasteiger partial charge < -0.3 is 5.11 Å². The Balaban J connectivity index is 2.87. The highest BCUT2D eigenvalue weighted by Crippen LogP contribution is 2.22. The van der Waals surface area contributed by atoms with Gasteiger partial charge in [0.25, 0.3) is 0 Å². The summed E-state index contributed by atoms with van der Waals surface area (Å²) in [7, 11) is 0. The summed E-state index contributed by atoms with van der Waals surface area (Å²) >= 11 is 6.72. The molecule has 10 heavy (non-hydrogen) atoms. The fraction of sp³-hybridized carbons (Fsp3) is 0.167. The molecular formula is C6H4ClNOS. The lowest BCUT2D eigenvalue weighted by Crippen LogP contribution is -1.90. The van der Waals surface area contributed by atoms with E-state index in [1.807, 2.05) is 0 Å². The Morgan fingerprint density at radius 2 is 2.60 bits per heavy atom. The van der Waals surface area contributed by atoms with Crippen LogP contribution in [-0.4, -0.2) is 10.1 Å². The highest BCUT2D eigenvalue weighted by Gasteiger charge is 2.06. The molecule has 4 heteroatoms. The molecule has 1 rings (SSSR count). The molecule has 0 bridgehead atoms. The van der Waals surface area contributed by atoms with Crippen LogP contribution in [0.4, 0.5) is 0 Å². The van der Waals surface area contributed by atoms with E-state index in [0.29, 0.717) is 9.34 Å². The third kappa shape index (κ3) is 1.48. The van der Waals surface area contributed by atoms with Gasteiger partial charge in [-0.2, -0.15) is 0 Å². The lowest BCUT2D eigenvalue weighted by atomic mass is 10.4. The molecule has 0 saturated carbocycles. The van der Waals surface area contributed by atoms with Gasteiger partial charge in [0.2, 0.25) is 0 Å². The Kier molecular flexibility index (Phi) is 2.28. The largest absolute Gasteiger partial charge is 0.374 e. The molecule has 0 saturated heterocycles. The summed E-state index contributed by atoms with van der Waals surface area (Å²) in [5.74, 6) is 2.14. The molecule has 1 aromatic rings. The zero-order valence-electron chi connectivity index (χ0n) is 4.91. The molecule has 1 atom stereocenters. The summed E-state index contributed by atoms with van der Waals surface area (Å²) in [5, 5.41) is 9.46. The van der Waals surface area contributed by atoms with Gasteiger partial charge in [-0.3, -0.25) is 0 Å². The number of aliphatic hydroxyl groups excluding tert-OH is 1. The fourth-order valence-corrected chi connectivity index (χ4v) is 1.34. The third-order valence-electron chi connectivity index (χ3n) is 0.887. The SMILES string of the molecule is C#CC(O)c1ncc(Cl)s1. The van der Waals surface area contributed by atoms with Crippen LogP contribution >= 0.6 is 22.9 Å². The van der Waals surface area contributed by atoms with Gasteiger partial charge in [0, 0.05) is 0 Å². The van der Waals surface area contributed by atoms with Crippen LogP contribution in [0.5, 0.6) is 0 Å². The summed E-state index contributed by atoms with van der Waals surface area (Å²) in [6.45, 7) is 0. The van der Waals surface area contributed by atoms with Crippen molar-refractivity contribution in [1.82, 2.24) is 4.98 Å². The molecule has 0 amide bonds. The lowest BCUT2D eigenvalue weighted by Gasteiger charge is -1.93. The predicted molar refractivity (Wildman–Crippen MR) is 40.9 cm³/mol. The molecule has 52 valence electrons. The Morgan fingerprint density at radius 1 is 1.90 bits per heavy atom. The Morgan fingerprint density at radius 3 is 3.00 bits per heavy atom. The molecule has 0 aliphatic carbocycles. The highest BCUT2D eigenvalue weighted by molar-refractivity contribution is 7.15. The number of aliphatic hydroxyl groups is 1. The molecule has 0 fully saturated rings. The standard InChI is InChI=1S/C6H4ClNOS/c1-2-4(9)6-8-3-5(7)10-6/h1,3-4,9H. The smallest absolute Gasteiger partial charge is 0.166 e. The van der Waals surface area contributed by atoms with Crippen molar-refractivity contribution in [2.24, 2.45) is 0 Å². The van der Waals surface area contributed by atoms with E-state index in [2.05, 4.69) is 10.9 Å². The number of hydrogen-bond donors (Lipinski definition) is 1. The first kappa shape index (κ1) is 7.55. The maximum atomic E-state index is 9.00. The predicted octanol–water partition coefficient (Wildman–Crippen LogP) is 1.46.